The molecule has 0 bridgehead atoms. The van der Waals surface area contributed by atoms with Crippen LogP contribution in [0.4, 0.5) is 10.1 Å². The first-order chi connectivity index (χ1) is 12.4. The van der Waals surface area contributed by atoms with Crippen LogP contribution in [0.25, 0.3) is 4.96 Å². The number of nitrogens with one attached hydrogen (secondary N) is 1. The van der Waals surface area contributed by atoms with Gasteiger partial charge in [-0.2, -0.15) is 9.61 Å². The van der Waals surface area contributed by atoms with Crippen LogP contribution in [-0.4, -0.2) is 39.0 Å². The van der Waals surface area contributed by atoms with Crippen molar-refractivity contribution < 1.29 is 9.18 Å². The summed E-state index contributed by atoms with van der Waals surface area (Å²) in [7, 11) is 1.75. The van der Waals surface area contributed by atoms with Crippen molar-refractivity contribution in [3.63, 3.8) is 0 Å². The number of benzene rings is 1. The van der Waals surface area contributed by atoms with Gasteiger partial charge in [0.15, 0.2) is 0 Å². The van der Waals surface area contributed by atoms with E-state index in [0.29, 0.717) is 22.9 Å². The van der Waals surface area contributed by atoms with Gasteiger partial charge in [-0.05, 0) is 31.7 Å². The Morgan fingerprint density at radius 2 is 2.19 bits per heavy atom. The molecule has 26 heavy (non-hydrogen) atoms. The molecule has 0 unspecified atom stereocenters. The van der Waals surface area contributed by atoms with Crippen molar-refractivity contribution in [1.82, 2.24) is 19.5 Å². The minimum absolute atomic E-state index is 0.0838. The van der Waals surface area contributed by atoms with Crippen LogP contribution in [-0.2, 0) is 17.8 Å². The van der Waals surface area contributed by atoms with Crippen LogP contribution in [0.3, 0.4) is 0 Å². The SMILES string of the molecule is CCc1nn2c(=O)cc(CN(C)CC(=O)Nc3cccc(F)c3)nc2s1. The van der Waals surface area contributed by atoms with E-state index in [4.69, 9.17) is 0 Å². The zero-order valence-corrected chi connectivity index (χ0v) is 15.2. The monoisotopic (exact) mass is 375 g/mol. The third kappa shape index (κ3) is 4.30. The Balaban J connectivity index is 1.65. The highest BCUT2D eigenvalue weighted by Gasteiger charge is 2.12. The van der Waals surface area contributed by atoms with Gasteiger partial charge in [-0.25, -0.2) is 9.37 Å². The average molecular weight is 375 g/mol. The first-order valence-corrected chi connectivity index (χ1v) is 8.89. The highest BCUT2D eigenvalue weighted by molar-refractivity contribution is 7.16. The van der Waals surface area contributed by atoms with E-state index in [-0.39, 0.29) is 18.0 Å². The first-order valence-electron chi connectivity index (χ1n) is 8.07. The molecule has 7 nitrogen and oxygen atoms in total. The van der Waals surface area contributed by atoms with Crippen molar-refractivity contribution in [3.05, 3.63) is 57.2 Å². The molecule has 136 valence electrons. The fourth-order valence-electron chi connectivity index (χ4n) is 2.46. The van der Waals surface area contributed by atoms with Gasteiger partial charge in [0.2, 0.25) is 10.9 Å². The molecule has 1 aromatic carbocycles. The van der Waals surface area contributed by atoms with E-state index in [1.807, 2.05) is 6.92 Å². The van der Waals surface area contributed by atoms with Crippen molar-refractivity contribution >= 4 is 27.9 Å². The molecule has 0 radical (unpaired) electrons. The number of hydrogen-bond acceptors (Lipinski definition) is 6. The van der Waals surface area contributed by atoms with E-state index in [2.05, 4.69) is 15.4 Å². The summed E-state index contributed by atoms with van der Waals surface area (Å²) in [4.78, 5) is 30.9. The number of carbonyl (C=O) groups is 1. The maximum Gasteiger partial charge on any atom is 0.275 e. The Hall–Kier alpha value is -2.65. The van der Waals surface area contributed by atoms with E-state index in [1.54, 1.807) is 18.0 Å². The Bertz CT molecular complexity index is 1000. The molecule has 0 atom stereocenters. The maximum atomic E-state index is 13.2. The maximum absolute atomic E-state index is 13.2. The zero-order chi connectivity index (χ0) is 18.7. The average Bonchev–Trinajstić information content (AvgIpc) is 2.98. The van der Waals surface area contributed by atoms with Crippen LogP contribution >= 0.6 is 11.3 Å². The van der Waals surface area contributed by atoms with E-state index >= 15 is 0 Å². The number of carbonyl (C=O) groups excluding carboxylic acids is 1. The lowest BCUT2D eigenvalue weighted by molar-refractivity contribution is -0.117. The Kier molecular flexibility index (Phi) is 5.38. The normalized spacial score (nSPS) is 11.2. The Morgan fingerprint density at radius 1 is 1.38 bits per heavy atom. The van der Waals surface area contributed by atoms with Crippen LogP contribution in [0.2, 0.25) is 0 Å². The summed E-state index contributed by atoms with van der Waals surface area (Å²) in [6, 6.07) is 7.13. The highest BCUT2D eigenvalue weighted by Crippen LogP contribution is 2.12. The number of fused-ring (bicyclic) bond motifs is 1. The summed E-state index contributed by atoms with van der Waals surface area (Å²) in [5.74, 6) is -0.688. The number of aromatic nitrogens is 3. The van der Waals surface area contributed by atoms with Gasteiger partial charge in [-0.15, -0.1) is 0 Å². The predicted octanol–water partition coefficient (Wildman–Crippen LogP) is 1.92. The van der Waals surface area contributed by atoms with Crippen LogP contribution < -0.4 is 10.9 Å². The highest BCUT2D eigenvalue weighted by atomic mass is 32.1. The van der Waals surface area contributed by atoms with Crippen LogP contribution in [0.1, 0.15) is 17.6 Å². The van der Waals surface area contributed by atoms with Crippen molar-refractivity contribution in [1.29, 1.82) is 0 Å². The number of halogens is 1. The van der Waals surface area contributed by atoms with Gasteiger partial charge < -0.3 is 5.32 Å². The molecule has 0 saturated heterocycles. The van der Waals surface area contributed by atoms with Gasteiger partial charge in [0.05, 0.1) is 12.2 Å². The second-order valence-corrected chi connectivity index (χ2v) is 6.90. The quantitative estimate of drug-likeness (QED) is 0.712. The fraction of sp³-hybridized carbons (Fsp3) is 0.294. The zero-order valence-electron chi connectivity index (χ0n) is 14.4. The summed E-state index contributed by atoms with van der Waals surface area (Å²) < 4.78 is 14.5. The second-order valence-electron chi connectivity index (χ2n) is 5.86. The second kappa shape index (κ2) is 7.71. The third-order valence-electron chi connectivity index (χ3n) is 3.60. The summed E-state index contributed by atoms with van der Waals surface area (Å²) in [5.41, 5.74) is 0.735. The smallest absolute Gasteiger partial charge is 0.275 e. The molecular weight excluding hydrogens is 357 g/mol. The number of amides is 1. The molecule has 1 N–H and O–H groups in total. The molecule has 2 aromatic heterocycles. The first kappa shape index (κ1) is 18.2. The topological polar surface area (TPSA) is 79.6 Å². The molecule has 0 aliphatic carbocycles. The molecule has 1 amide bonds. The molecular formula is C17H18FN5O2S. The minimum Gasteiger partial charge on any atom is -0.325 e. The standard InChI is InChI=1S/C17H18FN5O2S/c1-3-15-21-23-16(25)8-13(20-17(23)26-15)9-22(2)10-14(24)19-12-6-4-5-11(18)7-12/h4-8H,3,9-10H2,1-2H3,(H,19,24). The number of rotatable bonds is 6. The van der Waals surface area contributed by atoms with Crippen molar-refractivity contribution in [2.24, 2.45) is 0 Å². The van der Waals surface area contributed by atoms with E-state index in [0.717, 1.165) is 11.4 Å². The van der Waals surface area contributed by atoms with Crippen LogP contribution in [0, 0.1) is 5.82 Å². The van der Waals surface area contributed by atoms with E-state index in [9.17, 15) is 14.0 Å². The summed E-state index contributed by atoms with van der Waals surface area (Å²) in [6.45, 7) is 2.39. The van der Waals surface area contributed by atoms with Crippen molar-refractivity contribution in [3.8, 4) is 0 Å². The molecule has 9 heteroatoms. The van der Waals surface area contributed by atoms with Gasteiger partial charge >= 0.3 is 0 Å². The third-order valence-corrected chi connectivity index (χ3v) is 4.65. The van der Waals surface area contributed by atoms with Gasteiger partial charge in [0.1, 0.15) is 10.8 Å². The lowest BCUT2D eigenvalue weighted by Crippen LogP contribution is -2.30. The van der Waals surface area contributed by atoms with Crippen molar-refractivity contribution in [2.45, 2.75) is 19.9 Å². The molecule has 0 aliphatic heterocycles. The number of anilines is 1. The number of likely N-dealkylation sites (N-methyl/N-ethyl adjacent to an activating group) is 1. The lowest BCUT2D eigenvalue weighted by atomic mass is 10.3. The Labute approximate surface area is 153 Å². The molecule has 2 heterocycles. The summed E-state index contributed by atoms with van der Waals surface area (Å²) in [6.07, 6.45) is 0.739. The molecule has 0 spiro atoms. The molecule has 3 rings (SSSR count). The van der Waals surface area contributed by atoms with Crippen LogP contribution in [0.15, 0.2) is 35.1 Å². The minimum atomic E-state index is -0.412. The van der Waals surface area contributed by atoms with Gasteiger partial charge in [0, 0.05) is 18.3 Å². The van der Waals surface area contributed by atoms with Gasteiger partial charge in [0.25, 0.3) is 5.56 Å². The number of aryl methyl sites for hydroxylation is 1. The van der Waals surface area contributed by atoms with Gasteiger partial charge in [-0.1, -0.05) is 24.3 Å². The van der Waals surface area contributed by atoms with Gasteiger partial charge in [-0.3, -0.25) is 14.5 Å². The van der Waals surface area contributed by atoms with Crippen molar-refractivity contribution in [2.75, 3.05) is 18.9 Å². The lowest BCUT2D eigenvalue weighted by Gasteiger charge is -2.15. The predicted molar refractivity (Wildman–Crippen MR) is 97.9 cm³/mol. The summed E-state index contributed by atoms with van der Waals surface area (Å²) >= 11 is 1.38. The van der Waals surface area contributed by atoms with Crippen LogP contribution in [0.5, 0.6) is 0 Å². The molecule has 0 aliphatic rings. The summed E-state index contributed by atoms with van der Waals surface area (Å²) in [5, 5.41) is 7.68. The molecule has 3 aromatic rings. The number of nitrogens with zero attached hydrogens (tertiary/aromatic N) is 4. The Morgan fingerprint density at radius 3 is 2.92 bits per heavy atom. The largest absolute Gasteiger partial charge is 0.325 e. The molecule has 0 saturated carbocycles. The van der Waals surface area contributed by atoms with E-state index < -0.39 is 5.82 Å². The fourth-order valence-corrected chi connectivity index (χ4v) is 3.32. The number of hydrogen-bond donors (Lipinski definition) is 1. The molecule has 0 fully saturated rings. The van der Waals surface area contributed by atoms with E-state index in [1.165, 1.54) is 40.1 Å².